The van der Waals surface area contributed by atoms with E-state index >= 15 is 0 Å². The van der Waals surface area contributed by atoms with Gasteiger partial charge < -0.3 is 5.32 Å². The minimum absolute atomic E-state index is 0.554. The monoisotopic (exact) mass is 300 g/mol. The van der Waals surface area contributed by atoms with Gasteiger partial charge in [-0.15, -0.1) is 11.3 Å². The lowest BCUT2D eigenvalue weighted by atomic mass is 10.2. The lowest BCUT2D eigenvalue weighted by molar-refractivity contribution is 0.688. The third kappa shape index (κ3) is 3.37. The molecule has 2 rings (SSSR count). The molecule has 18 heavy (non-hydrogen) atoms. The zero-order chi connectivity index (χ0) is 13.1. The van der Waals surface area contributed by atoms with Gasteiger partial charge in [0.1, 0.15) is 0 Å². The van der Waals surface area contributed by atoms with Gasteiger partial charge in [-0.3, -0.25) is 0 Å². The number of nitrogens with zero attached hydrogens (tertiary/aromatic N) is 1. The highest BCUT2D eigenvalue weighted by molar-refractivity contribution is 7.14. The van der Waals surface area contributed by atoms with E-state index in [2.05, 4.69) is 24.1 Å². The van der Waals surface area contributed by atoms with Crippen molar-refractivity contribution in [3.05, 3.63) is 33.6 Å². The number of rotatable bonds is 4. The molecule has 0 aliphatic carbocycles. The van der Waals surface area contributed by atoms with Crippen LogP contribution in [0.5, 0.6) is 0 Å². The Morgan fingerprint density at radius 3 is 2.72 bits per heavy atom. The van der Waals surface area contributed by atoms with Crippen molar-refractivity contribution in [2.75, 3.05) is 11.9 Å². The molecule has 1 heterocycles. The minimum atomic E-state index is 0.554. The summed E-state index contributed by atoms with van der Waals surface area (Å²) in [5.41, 5.74) is 1.91. The Kier molecular flexibility index (Phi) is 4.49. The average Bonchev–Trinajstić information content (AvgIpc) is 2.79. The Balaban J connectivity index is 2.16. The van der Waals surface area contributed by atoms with Gasteiger partial charge in [0.05, 0.1) is 15.7 Å². The van der Waals surface area contributed by atoms with Crippen molar-refractivity contribution >= 4 is 39.7 Å². The maximum atomic E-state index is 6.00. The fraction of sp³-hybridized carbons (Fsp3) is 0.308. The van der Waals surface area contributed by atoms with Crippen LogP contribution >= 0.6 is 34.5 Å². The van der Waals surface area contributed by atoms with Crippen LogP contribution in [0.4, 0.5) is 5.13 Å². The molecular formula is C13H14Cl2N2S. The number of halogens is 2. The molecule has 1 N–H and O–H groups in total. The van der Waals surface area contributed by atoms with E-state index < -0.39 is 0 Å². The van der Waals surface area contributed by atoms with E-state index in [0.717, 1.165) is 22.9 Å². The summed E-state index contributed by atoms with van der Waals surface area (Å²) in [6.45, 7) is 5.26. The number of nitrogens with one attached hydrogen (secondary N) is 1. The minimum Gasteiger partial charge on any atom is -0.361 e. The summed E-state index contributed by atoms with van der Waals surface area (Å²) in [6, 6.07) is 5.56. The number of hydrogen-bond acceptors (Lipinski definition) is 3. The predicted octanol–water partition coefficient (Wildman–Crippen LogP) is 5.18. The predicted molar refractivity (Wildman–Crippen MR) is 80.9 cm³/mol. The summed E-state index contributed by atoms with van der Waals surface area (Å²) in [5, 5.41) is 7.38. The van der Waals surface area contributed by atoms with Gasteiger partial charge in [0.2, 0.25) is 0 Å². The van der Waals surface area contributed by atoms with E-state index in [9.17, 15) is 0 Å². The zero-order valence-electron chi connectivity index (χ0n) is 10.2. The quantitative estimate of drug-likeness (QED) is 0.841. The van der Waals surface area contributed by atoms with Gasteiger partial charge in [-0.2, -0.15) is 0 Å². The first-order valence-electron chi connectivity index (χ1n) is 5.71. The molecule has 0 aliphatic rings. The van der Waals surface area contributed by atoms with Crippen molar-refractivity contribution < 1.29 is 0 Å². The maximum Gasteiger partial charge on any atom is 0.183 e. The van der Waals surface area contributed by atoms with Crippen molar-refractivity contribution in [1.29, 1.82) is 0 Å². The third-order valence-electron chi connectivity index (χ3n) is 2.38. The van der Waals surface area contributed by atoms with Gasteiger partial charge in [-0.1, -0.05) is 43.1 Å². The van der Waals surface area contributed by atoms with Gasteiger partial charge in [0.25, 0.3) is 0 Å². The average molecular weight is 301 g/mol. The first-order valence-corrected chi connectivity index (χ1v) is 7.34. The first kappa shape index (κ1) is 13.7. The Hall–Kier alpha value is -0.770. The van der Waals surface area contributed by atoms with Crippen LogP contribution in [0.1, 0.15) is 13.8 Å². The number of aromatic nitrogens is 1. The summed E-state index contributed by atoms with van der Waals surface area (Å²) in [4.78, 5) is 4.53. The summed E-state index contributed by atoms with van der Waals surface area (Å²) < 4.78 is 0. The van der Waals surface area contributed by atoms with Gasteiger partial charge >= 0.3 is 0 Å². The molecule has 5 heteroatoms. The number of hydrogen-bond donors (Lipinski definition) is 1. The van der Waals surface area contributed by atoms with E-state index in [-0.39, 0.29) is 0 Å². The second-order valence-corrected chi connectivity index (χ2v) is 6.11. The lowest BCUT2D eigenvalue weighted by Crippen LogP contribution is -2.07. The molecule has 1 aromatic heterocycles. The third-order valence-corrected chi connectivity index (χ3v) is 3.92. The summed E-state index contributed by atoms with van der Waals surface area (Å²) in [7, 11) is 0. The maximum absolute atomic E-state index is 6.00. The number of benzene rings is 1. The summed E-state index contributed by atoms with van der Waals surface area (Å²) >= 11 is 13.5. The Morgan fingerprint density at radius 1 is 1.28 bits per heavy atom. The highest BCUT2D eigenvalue weighted by Crippen LogP contribution is 2.30. The van der Waals surface area contributed by atoms with E-state index in [1.54, 1.807) is 17.4 Å². The molecule has 0 aliphatic heterocycles. The Bertz CT molecular complexity index is 538. The molecular weight excluding hydrogens is 287 g/mol. The molecule has 1 aromatic carbocycles. The van der Waals surface area contributed by atoms with Crippen molar-refractivity contribution in [1.82, 2.24) is 4.98 Å². The van der Waals surface area contributed by atoms with E-state index in [1.165, 1.54) is 0 Å². The smallest absolute Gasteiger partial charge is 0.183 e. The fourth-order valence-corrected chi connectivity index (χ4v) is 2.46. The molecule has 0 unspecified atom stereocenters. The molecule has 0 bridgehead atoms. The second-order valence-electron chi connectivity index (χ2n) is 4.44. The normalized spacial score (nSPS) is 10.9. The van der Waals surface area contributed by atoms with Gasteiger partial charge in [-0.05, 0) is 18.1 Å². The number of thiazole rings is 1. The van der Waals surface area contributed by atoms with Crippen molar-refractivity contribution in [3.8, 4) is 11.3 Å². The molecule has 2 nitrogen and oxygen atoms in total. The molecule has 0 fully saturated rings. The van der Waals surface area contributed by atoms with E-state index in [0.29, 0.717) is 16.0 Å². The van der Waals surface area contributed by atoms with E-state index in [4.69, 9.17) is 23.2 Å². The largest absolute Gasteiger partial charge is 0.361 e. The van der Waals surface area contributed by atoms with Crippen molar-refractivity contribution in [3.63, 3.8) is 0 Å². The number of anilines is 1. The van der Waals surface area contributed by atoms with Crippen molar-refractivity contribution in [2.45, 2.75) is 13.8 Å². The topological polar surface area (TPSA) is 24.9 Å². The summed E-state index contributed by atoms with van der Waals surface area (Å²) in [6.07, 6.45) is 0. The van der Waals surface area contributed by atoms with Crippen LogP contribution in [-0.4, -0.2) is 11.5 Å². The van der Waals surface area contributed by atoms with Crippen LogP contribution < -0.4 is 5.32 Å². The highest BCUT2D eigenvalue weighted by Gasteiger charge is 2.07. The van der Waals surface area contributed by atoms with Crippen LogP contribution in [0.25, 0.3) is 11.3 Å². The molecule has 0 amide bonds. The molecule has 0 atom stereocenters. The Labute approximate surface area is 121 Å². The van der Waals surface area contributed by atoms with Crippen molar-refractivity contribution in [2.24, 2.45) is 5.92 Å². The van der Waals surface area contributed by atoms with Crippen LogP contribution in [0.2, 0.25) is 10.0 Å². The SMILES string of the molecule is CC(C)CNc1nc(-c2ccc(Cl)c(Cl)c2)cs1. The lowest BCUT2D eigenvalue weighted by Gasteiger charge is -2.04. The van der Waals surface area contributed by atoms with Crippen LogP contribution in [-0.2, 0) is 0 Å². The van der Waals surface area contributed by atoms with Crippen LogP contribution in [0.3, 0.4) is 0 Å². The van der Waals surface area contributed by atoms with Crippen LogP contribution in [0.15, 0.2) is 23.6 Å². The molecule has 2 aromatic rings. The molecule has 96 valence electrons. The highest BCUT2D eigenvalue weighted by atomic mass is 35.5. The summed E-state index contributed by atoms with van der Waals surface area (Å²) in [5.74, 6) is 0.599. The molecule has 0 spiro atoms. The second kappa shape index (κ2) is 5.91. The standard InChI is InChI=1S/C13H14Cl2N2S/c1-8(2)6-16-13-17-12(7-18-13)9-3-4-10(14)11(15)5-9/h3-5,7-8H,6H2,1-2H3,(H,16,17). The first-order chi connectivity index (χ1) is 8.56. The molecule has 0 radical (unpaired) electrons. The van der Waals surface area contributed by atoms with Gasteiger partial charge in [-0.25, -0.2) is 4.98 Å². The van der Waals surface area contributed by atoms with Crippen LogP contribution in [0, 0.1) is 5.92 Å². The van der Waals surface area contributed by atoms with E-state index in [1.807, 2.05) is 17.5 Å². The van der Waals surface area contributed by atoms with Gasteiger partial charge in [0.15, 0.2) is 5.13 Å². The Morgan fingerprint density at radius 2 is 2.06 bits per heavy atom. The fourth-order valence-electron chi connectivity index (χ4n) is 1.43. The molecule has 0 saturated heterocycles. The van der Waals surface area contributed by atoms with Gasteiger partial charge in [0, 0.05) is 17.5 Å². The zero-order valence-corrected chi connectivity index (χ0v) is 12.5. The molecule has 0 saturated carbocycles.